The van der Waals surface area contributed by atoms with E-state index in [0.717, 1.165) is 38.0 Å². The van der Waals surface area contributed by atoms with Gasteiger partial charge in [0.2, 0.25) is 0 Å². The Hall–Kier alpha value is -4.30. The van der Waals surface area contributed by atoms with Gasteiger partial charge in [0.15, 0.2) is 11.5 Å². The van der Waals surface area contributed by atoms with Crippen molar-refractivity contribution in [2.45, 2.75) is 59.6 Å². The molecule has 1 aliphatic heterocycles. The first-order valence-electron chi connectivity index (χ1n) is 15.9. The summed E-state index contributed by atoms with van der Waals surface area (Å²) in [6, 6.07) is 19.7. The molecule has 0 bridgehead atoms. The molecule has 45 heavy (non-hydrogen) atoms. The number of likely N-dealkylation sites (tertiary alicyclic amines) is 1. The minimum absolute atomic E-state index is 0.0536. The van der Waals surface area contributed by atoms with Crippen LogP contribution in [0.15, 0.2) is 72.3 Å². The van der Waals surface area contributed by atoms with Crippen LogP contribution in [0.3, 0.4) is 0 Å². The summed E-state index contributed by atoms with van der Waals surface area (Å²) in [4.78, 5) is 30.9. The lowest BCUT2D eigenvalue weighted by molar-refractivity contribution is -0.140. The van der Waals surface area contributed by atoms with Crippen molar-refractivity contribution in [2.24, 2.45) is 0 Å². The van der Waals surface area contributed by atoms with E-state index in [1.54, 1.807) is 48.4 Å². The second-order valence-electron chi connectivity index (χ2n) is 11.3. The molecule has 1 unspecified atom stereocenters. The van der Waals surface area contributed by atoms with Crippen LogP contribution in [-0.4, -0.2) is 66.5 Å². The minimum Gasteiger partial charge on any atom is -0.507 e. The van der Waals surface area contributed by atoms with Crippen molar-refractivity contribution >= 4 is 17.4 Å². The molecule has 0 radical (unpaired) electrons. The van der Waals surface area contributed by atoms with Gasteiger partial charge in [0.05, 0.1) is 25.3 Å². The molecule has 1 fully saturated rings. The van der Waals surface area contributed by atoms with Crippen molar-refractivity contribution in [2.75, 3.05) is 39.9 Å². The van der Waals surface area contributed by atoms with E-state index < -0.39 is 17.7 Å². The van der Waals surface area contributed by atoms with E-state index in [0.29, 0.717) is 54.6 Å². The molecule has 8 heteroatoms. The number of rotatable bonds is 16. The molecule has 1 amide bonds. The molecule has 1 heterocycles. The van der Waals surface area contributed by atoms with Crippen molar-refractivity contribution in [3.8, 4) is 17.2 Å². The number of methoxy groups -OCH3 is 1. The lowest BCUT2D eigenvalue weighted by Crippen LogP contribution is -2.33. The maximum absolute atomic E-state index is 13.6. The number of unbranched alkanes of at least 4 members (excludes halogenated alkanes) is 1. The third-order valence-corrected chi connectivity index (χ3v) is 8.22. The molecule has 8 nitrogen and oxygen atoms in total. The van der Waals surface area contributed by atoms with Crippen LogP contribution < -0.4 is 14.2 Å². The molecule has 1 aliphatic rings. The Kier molecular flexibility index (Phi) is 12.0. The highest BCUT2D eigenvalue weighted by Crippen LogP contribution is 2.42. The summed E-state index contributed by atoms with van der Waals surface area (Å²) in [5, 5.41) is 11.6. The fourth-order valence-corrected chi connectivity index (χ4v) is 5.48. The molecular formula is C37H46N2O6. The number of ether oxygens (including phenoxy) is 3. The zero-order valence-electron chi connectivity index (χ0n) is 27.2. The van der Waals surface area contributed by atoms with Gasteiger partial charge >= 0.3 is 0 Å². The molecule has 1 N–H and O–H groups in total. The summed E-state index contributed by atoms with van der Waals surface area (Å²) >= 11 is 0. The number of Topliss-reactive ketones (excluding diaryl/α,β-unsaturated/α-hetero) is 1. The van der Waals surface area contributed by atoms with E-state index in [1.807, 2.05) is 37.3 Å². The van der Waals surface area contributed by atoms with Crippen LogP contribution in [0.5, 0.6) is 17.2 Å². The number of carbonyl (C=O) groups is 2. The Morgan fingerprint density at radius 3 is 2.24 bits per heavy atom. The van der Waals surface area contributed by atoms with E-state index in [2.05, 4.69) is 25.7 Å². The van der Waals surface area contributed by atoms with Gasteiger partial charge in [0.25, 0.3) is 11.7 Å². The summed E-state index contributed by atoms with van der Waals surface area (Å²) in [7, 11) is 1.56. The fourth-order valence-electron chi connectivity index (χ4n) is 5.48. The van der Waals surface area contributed by atoms with Gasteiger partial charge in [0.1, 0.15) is 18.1 Å². The molecule has 240 valence electrons. The Morgan fingerprint density at radius 2 is 1.60 bits per heavy atom. The predicted molar refractivity (Wildman–Crippen MR) is 177 cm³/mol. The average molecular weight is 615 g/mol. The molecule has 0 aromatic heterocycles. The van der Waals surface area contributed by atoms with Crippen LogP contribution in [0, 0.1) is 6.92 Å². The molecule has 0 aliphatic carbocycles. The van der Waals surface area contributed by atoms with Crippen LogP contribution in [-0.2, 0) is 16.2 Å². The van der Waals surface area contributed by atoms with E-state index >= 15 is 0 Å². The largest absolute Gasteiger partial charge is 0.507 e. The first-order chi connectivity index (χ1) is 21.8. The lowest BCUT2D eigenvalue weighted by Gasteiger charge is -2.27. The van der Waals surface area contributed by atoms with Gasteiger partial charge in [-0.15, -0.1) is 0 Å². The summed E-state index contributed by atoms with van der Waals surface area (Å²) in [5.74, 6) is 0.173. The molecule has 1 atom stereocenters. The smallest absolute Gasteiger partial charge is 0.295 e. The first-order valence-corrected chi connectivity index (χ1v) is 15.9. The van der Waals surface area contributed by atoms with Crippen molar-refractivity contribution < 1.29 is 28.9 Å². The lowest BCUT2D eigenvalue weighted by atomic mass is 9.95. The Balaban J connectivity index is 1.66. The maximum Gasteiger partial charge on any atom is 0.295 e. The van der Waals surface area contributed by atoms with Gasteiger partial charge in [-0.25, -0.2) is 0 Å². The average Bonchev–Trinajstić information content (AvgIpc) is 3.31. The molecule has 3 aromatic carbocycles. The SMILES string of the molecule is CCCCOc1ccc(C2/C(=C(/O)c3ccc(OCc4ccc(C)cc4)cc3)C(=O)C(=O)N2CCCN(CC)CC)cc1OC. The van der Waals surface area contributed by atoms with Crippen LogP contribution >= 0.6 is 0 Å². The van der Waals surface area contributed by atoms with Gasteiger partial charge < -0.3 is 29.1 Å². The number of aryl methyl sites for hydroxylation is 1. The monoisotopic (exact) mass is 614 g/mol. The van der Waals surface area contributed by atoms with E-state index in [-0.39, 0.29) is 11.3 Å². The molecule has 0 saturated carbocycles. The molecule has 1 saturated heterocycles. The number of hydrogen-bond acceptors (Lipinski definition) is 7. The quantitative estimate of drug-likeness (QED) is 0.0811. The van der Waals surface area contributed by atoms with Gasteiger partial charge in [-0.05, 0) is 86.9 Å². The van der Waals surface area contributed by atoms with Crippen LogP contribution in [0.4, 0.5) is 0 Å². The van der Waals surface area contributed by atoms with Crippen molar-refractivity contribution in [1.82, 2.24) is 9.80 Å². The second kappa shape index (κ2) is 16.1. The van der Waals surface area contributed by atoms with Crippen LogP contribution in [0.25, 0.3) is 5.76 Å². The standard InChI is InChI=1S/C37H46N2O6/c1-6-9-23-44-31-20-17-29(24-32(31)43-5)34-33(36(41)37(42)39(34)22-10-21-38(7-2)8-3)35(40)28-15-18-30(19-16-28)45-25-27-13-11-26(4)12-14-27/h11-20,24,34,40H,6-10,21-23,25H2,1-5H3/b35-33-. The highest BCUT2D eigenvalue weighted by Gasteiger charge is 2.46. The Labute approximate surface area is 267 Å². The minimum atomic E-state index is -0.780. The fraction of sp³-hybridized carbons (Fsp3) is 0.405. The molecule has 4 rings (SSSR count). The first kappa shape index (κ1) is 33.6. The third kappa shape index (κ3) is 8.25. The number of ketones is 1. The predicted octanol–water partition coefficient (Wildman–Crippen LogP) is 6.92. The van der Waals surface area contributed by atoms with E-state index in [1.165, 1.54) is 5.56 Å². The molecule has 3 aromatic rings. The third-order valence-electron chi connectivity index (χ3n) is 8.22. The van der Waals surface area contributed by atoms with Crippen molar-refractivity contribution in [3.63, 3.8) is 0 Å². The van der Waals surface area contributed by atoms with Crippen molar-refractivity contribution in [1.29, 1.82) is 0 Å². The summed E-state index contributed by atoms with van der Waals surface area (Å²) in [6.45, 7) is 12.3. The maximum atomic E-state index is 13.6. The number of hydrogen-bond donors (Lipinski definition) is 1. The highest BCUT2D eigenvalue weighted by atomic mass is 16.5. The summed E-state index contributed by atoms with van der Waals surface area (Å²) in [5.41, 5.74) is 3.37. The van der Waals surface area contributed by atoms with Crippen LogP contribution in [0.1, 0.15) is 68.3 Å². The normalized spacial score (nSPS) is 16.0. The van der Waals surface area contributed by atoms with E-state index in [9.17, 15) is 14.7 Å². The zero-order chi connectivity index (χ0) is 32.3. The van der Waals surface area contributed by atoms with Gasteiger partial charge in [-0.3, -0.25) is 9.59 Å². The van der Waals surface area contributed by atoms with Gasteiger partial charge in [-0.2, -0.15) is 0 Å². The van der Waals surface area contributed by atoms with Gasteiger partial charge in [0, 0.05) is 12.1 Å². The Morgan fingerprint density at radius 1 is 0.889 bits per heavy atom. The summed E-state index contributed by atoms with van der Waals surface area (Å²) < 4.78 is 17.5. The number of aliphatic hydroxyl groups excluding tert-OH is 1. The molecule has 0 spiro atoms. The molecular weight excluding hydrogens is 568 g/mol. The van der Waals surface area contributed by atoms with Gasteiger partial charge in [-0.1, -0.05) is 63.1 Å². The highest BCUT2D eigenvalue weighted by molar-refractivity contribution is 6.46. The zero-order valence-corrected chi connectivity index (χ0v) is 27.2. The number of nitrogens with zero attached hydrogens (tertiary/aromatic N) is 2. The topological polar surface area (TPSA) is 88.5 Å². The number of benzene rings is 3. The van der Waals surface area contributed by atoms with E-state index in [4.69, 9.17) is 14.2 Å². The summed E-state index contributed by atoms with van der Waals surface area (Å²) in [6.07, 6.45) is 2.60. The van der Waals surface area contributed by atoms with Crippen molar-refractivity contribution in [3.05, 3.63) is 94.6 Å². The van der Waals surface area contributed by atoms with Crippen LogP contribution in [0.2, 0.25) is 0 Å². The number of aliphatic hydroxyl groups is 1. The number of carbonyl (C=O) groups excluding carboxylic acids is 2. The Bertz CT molecular complexity index is 1460. The second-order valence-corrected chi connectivity index (χ2v) is 11.3. The number of amides is 1.